The summed E-state index contributed by atoms with van der Waals surface area (Å²) in [6, 6.07) is 0. The van der Waals surface area contributed by atoms with E-state index in [0.717, 1.165) is 36.8 Å². The number of ketones is 2. The summed E-state index contributed by atoms with van der Waals surface area (Å²) in [5.41, 5.74) is 0.612. The first-order chi connectivity index (χ1) is 16.1. The maximum absolute atomic E-state index is 14.0. The van der Waals surface area contributed by atoms with Crippen molar-refractivity contribution < 1.29 is 24.6 Å². The highest BCUT2D eigenvalue weighted by molar-refractivity contribution is 6.11. The Morgan fingerprint density at radius 1 is 1.06 bits per heavy atom. The Morgan fingerprint density at radius 2 is 1.71 bits per heavy atom. The average Bonchev–Trinajstić information content (AvgIpc) is 3.03. The normalized spacial score (nSPS) is 41.8. The molecule has 5 nitrogen and oxygen atoms in total. The van der Waals surface area contributed by atoms with Crippen LogP contribution in [0.15, 0.2) is 22.8 Å². The molecule has 0 amide bonds. The number of carboxylic acids is 1. The Kier molecular flexibility index (Phi) is 6.31. The Balaban J connectivity index is 1.71. The van der Waals surface area contributed by atoms with E-state index in [0.29, 0.717) is 43.1 Å². The van der Waals surface area contributed by atoms with Crippen LogP contribution in [0.1, 0.15) is 99.8 Å². The number of aliphatic hydroxyl groups is 1. The summed E-state index contributed by atoms with van der Waals surface area (Å²) in [5.74, 6) is 0.0132. The van der Waals surface area contributed by atoms with Crippen LogP contribution in [-0.4, -0.2) is 33.9 Å². The zero-order valence-corrected chi connectivity index (χ0v) is 22.7. The van der Waals surface area contributed by atoms with E-state index in [4.69, 9.17) is 5.11 Å². The molecule has 0 radical (unpaired) electrons. The molecule has 194 valence electrons. The van der Waals surface area contributed by atoms with Crippen LogP contribution in [0.25, 0.3) is 0 Å². The molecular formula is C30H44O5. The molecule has 4 aliphatic carbocycles. The van der Waals surface area contributed by atoms with E-state index in [2.05, 4.69) is 41.5 Å². The molecule has 0 spiro atoms. The third-order valence-electron chi connectivity index (χ3n) is 11.4. The molecule has 0 saturated heterocycles. The van der Waals surface area contributed by atoms with Gasteiger partial charge in [0.05, 0.1) is 6.10 Å². The number of carbonyl (C=O) groups is 3. The van der Waals surface area contributed by atoms with Crippen LogP contribution in [0.5, 0.6) is 0 Å². The molecule has 2 N–H and O–H groups in total. The summed E-state index contributed by atoms with van der Waals surface area (Å²) in [5, 5.41) is 19.9. The highest BCUT2D eigenvalue weighted by Gasteiger charge is 2.67. The van der Waals surface area contributed by atoms with Crippen molar-refractivity contribution in [3.05, 3.63) is 22.8 Å². The summed E-state index contributed by atoms with van der Waals surface area (Å²) < 4.78 is 0. The zero-order chi connectivity index (χ0) is 26.1. The van der Waals surface area contributed by atoms with Crippen LogP contribution >= 0.6 is 0 Å². The van der Waals surface area contributed by atoms with Gasteiger partial charge in [0.2, 0.25) is 0 Å². The van der Waals surface area contributed by atoms with E-state index in [9.17, 15) is 19.5 Å². The fraction of sp³-hybridized carbons (Fsp3) is 0.767. The van der Waals surface area contributed by atoms with Crippen LogP contribution in [0.4, 0.5) is 0 Å². The smallest absolute Gasteiger partial charge is 0.330 e. The van der Waals surface area contributed by atoms with E-state index < -0.39 is 17.5 Å². The van der Waals surface area contributed by atoms with E-state index in [1.165, 1.54) is 0 Å². The Hall–Kier alpha value is -1.75. The van der Waals surface area contributed by atoms with Gasteiger partial charge in [-0.15, -0.1) is 0 Å². The maximum atomic E-state index is 14.0. The number of carboxylic acid groups (broad SMARTS) is 1. The molecule has 0 aromatic rings. The summed E-state index contributed by atoms with van der Waals surface area (Å²) in [6.07, 6.45) is 7.12. The molecule has 35 heavy (non-hydrogen) atoms. The first-order valence-electron chi connectivity index (χ1n) is 13.5. The molecule has 0 bridgehead atoms. The number of aliphatic carboxylic acids is 1. The SMILES string of the molecule is CC(=CCCC(C)C1CCC2(C)C3=C(C(=O)CC12C)C1(C)CCC(O)C(C)(C)C1CC3=O)C(=O)O. The molecule has 4 aliphatic rings. The summed E-state index contributed by atoms with van der Waals surface area (Å²) >= 11 is 0. The molecule has 0 aromatic heterocycles. The molecule has 7 atom stereocenters. The van der Waals surface area contributed by atoms with Gasteiger partial charge in [0, 0.05) is 40.4 Å². The number of hydrogen-bond acceptors (Lipinski definition) is 4. The van der Waals surface area contributed by atoms with Gasteiger partial charge in [0.15, 0.2) is 11.6 Å². The fourth-order valence-electron chi connectivity index (χ4n) is 8.96. The Labute approximate surface area is 210 Å². The minimum atomic E-state index is -0.878. The molecule has 2 saturated carbocycles. The maximum Gasteiger partial charge on any atom is 0.330 e. The number of Topliss-reactive ketones (excluding diaryl/α,β-unsaturated/α-hetero) is 2. The van der Waals surface area contributed by atoms with E-state index in [1.807, 2.05) is 0 Å². The van der Waals surface area contributed by atoms with E-state index in [1.54, 1.807) is 13.0 Å². The molecule has 4 rings (SSSR count). The van der Waals surface area contributed by atoms with Gasteiger partial charge in [-0.05, 0) is 74.0 Å². The van der Waals surface area contributed by atoms with Crippen LogP contribution < -0.4 is 0 Å². The van der Waals surface area contributed by atoms with Gasteiger partial charge >= 0.3 is 5.97 Å². The van der Waals surface area contributed by atoms with Crippen molar-refractivity contribution in [2.45, 2.75) is 106 Å². The quantitative estimate of drug-likeness (QED) is 0.474. The topological polar surface area (TPSA) is 91.7 Å². The minimum absolute atomic E-state index is 0.0257. The molecule has 5 heteroatoms. The first-order valence-corrected chi connectivity index (χ1v) is 13.5. The average molecular weight is 485 g/mol. The lowest BCUT2D eigenvalue weighted by Gasteiger charge is -2.60. The van der Waals surface area contributed by atoms with Crippen LogP contribution in [0.2, 0.25) is 0 Å². The van der Waals surface area contributed by atoms with Gasteiger partial charge in [0.25, 0.3) is 0 Å². The lowest BCUT2D eigenvalue weighted by Crippen LogP contribution is -2.59. The second-order valence-electron chi connectivity index (χ2n) is 13.5. The Morgan fingerprint density at radius 3 is 2.34 bits per heavy atom. The number of aliphatic hydroxyl groups excluding tert-OH is 1. The molecule has 0 heterocycles. The first kappa shape index (κ1) is 26.3. The highest BCUT2D eigenvalue weighted by Crippen LogP contribution is 2.71. The Bertz CT molecular complexity index is 1020. The largest absolute Gasteiger partial charge is 0.478 e. The third kappa shape index (κ3) is 3.62. The van der Waals surface area contributed by atoms with Crippen molar-refractivity contribution in [1.29, 1.82) is 0 Å². The van der Waals surface area contributed by atoms with Gasteiger partial charge in [0.1, 0.15) is 0 Å². The molecule has 7 unspecified atom stereocenters. The summed E-state index contributed by atoms with van der Waals surface area (Å²) in [7, 11) is 0. The van der Waals surface area contributed by atoms with Gasteiger partial charge in [-0.3, -0.25) is 9.59 Å². The second-order valence-corrected chi connectivity index (χ2v) is 13.5. The number of fused-ring (bicyclic) bond motifs is 4. The van der Waals surface area contributed by atoms with Crippen molar-refractivity contribution in [1.82, 2.24) is 0 Å². The molecular weight excluding hydrogens is 440 g/mol. The molecule has 0 aromatic carbocycles. The molecule has 2 fully saturated rings. The lowest BCUT2D eigenvalue weighted by molar-refractivity contribution is -0.141. The van der Waals surface area contributed by atoms with Crippen molar-refractivity contribution >= 4 is 17.5 Å². The van der Waals surface area contributed by atoms with Gasteiger partial charge in [-0.1, -0.05) is 47.6 Å². The van der Waals surface area contributed by atoms with E-state index >= 15 is 0 Å². The summed E-state index contributed by atoms with van der Waals surface area (Å²) in [6.45, 7) is 14.6. The fourth-order valence-corrected chi connectivity index (χ4v) is 8.96. The van der Waals surface area contributed by atoms with Crippen molar-refractivity contribution in [3.63, 3.8) is 0 Å². The lowest BCUT2D eigenvalue weighted by atomic mass is 9.43. The van der Waals surface area contributed by atoms with Crippen LogP contribution in [0, 0.1) is 39.4 Å². The van der Waals surface area contributed by atoms with Crippen molar-refractivity contribution in [2.24, 2.45) is 39.4 Å². The third-order valence-corrected chi connectivity index (χ3v) is 11.4. The van der Waals surface area contributed by atoms with Gasteiger partial charge in [-0.2, -0.15) is 0 Å². The minimum Gasteiger partial charge on any atom is -0.478 e. The number of rotatable bonds is 5. The predicted octanol–water partition coefficient (Wildman–Crippen LogP) is 5.90. The van der Waals surface area contributed by atoms with E-state index in [-0.39, 0.29) is 33.7 Å². The summed E-state index contributed by atoms with van der Waals surface area (Å²) in [4.78, 5) is 39.0. The predicted molar refractivity (Wildman–Crippen MR) is 136 cm³/mol. The van der Waals surface area contributed by atoms with Crippen LogP contribution in [-0.2, 0) is 14.4 Å². The number of hydrogen-bond donors (Lipinski definition) is 2. The zero-order valence-electron chi connectivity index (χ0n) is 22.7. The number of carbonyl (C=O) groups excluding carboxylic acids is 2. The van der Waals surface area contributed by atoms with Crippen LogP contribution in [0.3, 0.4) is 0 Å². The molecule has 0 aliphatic heterocycles. The second kappa shape index (κ2) is 8.39. The van der Waals surface area contributed by atoms with Crippen molar-refractivity contribution in [2.75, 3.05) is 0 Å². The standard InChI is InChI=1S/C30H44O5/c1-17(9-8-10-18(2)26(34)35)19-11-14-29(6)25-20(31)15-22-27(3,4)23(33)12-13-28(22,5)24(25)21(32)16-30(19,29)7/h10,17,19,22-23,33H,8-9,11-16H2,1-7H3,(H,34,35). The highest BCUT2D eigenvalue weighted by atomic mass is 16.4. The van der Waals surface area contributed by atoms with Crippen molar-refractivity contribution in [3.8, 4) is 0 Å². The monoisotopic (exact) mass is 484 g/mol. The van der Waals surface area contributed by atoms with Gasteiger partial charge < -0.3 is 10.2 Å². The number of allylic oxidation sites excluding steroid dienone is 3. The van der Waals surface area contributed by atoms with Gasteiger partial charge in [-0.25, -0.2) is 4.79 Å².